The van der Waals surface area contributed by atoms with Gasteiger partial charge in [-0.15, -0.1) is 0 Å². The lowest BCUT2D eigenvalue weighted by atomic mass is 9.84. The van der Waals surface area contributed by atoms with Gasteiger partial charge in [0, 0.05) is 0 Å². The molecule has 0 heterocycles. The second-order valence-electron chi connectivity index (χ2n) is 7.15. The summed E-state index contributed by atoms with van der Waals surface area (Å²) in [6, 6.07) is 10.7. The third kappa shape index (κ3) is 2.23. The van der Waals surface area contributed by atoms with E-state index in [0.29, 0.717) is 11.8 Å². The molecule has 1 nitrogen and oxygen atoms in total. The van der Waals surface area contributed by atoms with Gasteiger partial charge in [-0.25, -0.2) is 0 Å². The van der Waals surface area contributed by atoms with E-state index < -0.39 is 0 Å². The predicted octanol–water partition coefficient (Wildman–Crippen LogP) is 3.98. The average molecular weight is 256 g/mol. The summed E-state index contributed by atoms with van der Waals surface area (Å²) < 4.78 is 0. The number of hydrogen-bond donors (Lipinski definition) is 1. The smallest absolute Gasteiger partial charge is 0.0577 e. The van der Waals surface area contributed by atoms with Crippen LogP contribution in [-0.4, -0.2) is 11.2 Å². The van der Waals surface area contributed by atoms with Gasteiger partial charge in [0.15, 0.2) is 0 Å². The van der Waals surface area contributed by atoms with Gasteiger partial charge < -0.3 is 5.11 Å². The molecule has 0 aromatic heterocycles. The van der Waals surface area contributed by atoms with E-state index in [4.69, 9.17) is 0 Å². The van der Waals surface area contributed by atoms with E-state index >= 15 is 0 Å². The molecule has 3 aliphatic carbocycles. The van der Waals surface area contributed by atoms with Crippen LogP contribution < -0.4 is 0 Å². The quantitative estimate of drug-likeness (QED) is 0.864. The van der Waals surface area contributed by atoms with Gasteiger partial charge in [-0.3, -0.25) is 0 Å². The molecule has 0 amide bonds. The largest absolute Gasteiger partial charge is 0.393 e. The van der Waals surface area contributed by atoms with Crippen LogP contribution in [0.4, 0.5) is 0 Å². The maximum Gasteiger partial charge on any atom is 0.0577 e. The van der Waals surface area contributed by atoms with Crippen LogP contribution in [0.25, 0.3) is 0 Å². The van der Waals surface area contributed by atoms with Crippen LogP contribution in [-0.2, 0) is 0 Å². The molecule has 0 spiro atoms. The van der Waals surface area contributed by atoms with Crippen LogP contribution in [0.1, 0.15) is 50.0 Å². The number of benzene rings is 1. The number of aliphatic hydroxyl groups is 1. The molecule has 19 heavy (non-hydrogen) atoms. The molecule has 1 N–H and O–H groups in total. The fourth-order valence-electron chi connectivity index (χ4n) is 4.87. The third-order valence-electron chi connectivity index (χ3n) is 5.99. The van der Waals surface area contributed by atoms with Gasteiger partial charge in [0.2, 0.25) is 0 Å². The Morgan fingerprint density at radius 3 is 2.58 bits per heavy atom. The van der Waals surface area contributed by atoms with E-state index in [1.54, 1.807) is 0 Å². The average Bonchev–Trinajstić information content (AvgIpc) is 2.99. The van der Waals surface area contributed by atoms with Gasteiger partial charge in [0.05, 0.1) is 6.10 Å². The molecule has 3 saturated carbocycles. The molecule has 1 heteroatoms. The lowest BCUT2D eigenvalue weighted by molar-refractivity contribution is 0.103. The van der Waals surface area contributed by atoms with Gasteiger partial charge in [-0.1, -0.05) is 36.8 Å². The normalized spacial score (nSPS) is 41.4. The summed E-state index contributed by atoms with van der Waals surface area (Å²) in [6.07, 6.45) is 8.01. The Bertz CT molecular complexity index is 440. The molecule has 6 unspecified atom stereocenters. The monoisotopic (exact) mass is 256 g/mol. The van der Waals surface area contributed by atoms with Gasteiger partial charge >= 0.3 is 0 Å². The Labute approximate surface area is 116 Å². The van der Waals surface area contributed by atoms with Gasteiger partial charge in [0.25, 0.3) is 0 Å². The van der Waals surface area contributed by atoms with E-state index in [9.17, 15) is 5.11 Å². The van der Waals surface area contributed by atoms with Crippen molar-refractivity contribution in [3.05, 3.63) is 35.9 Å². The minimum atomic E-state index is -0.0467. The van der Waals surface area contributed by atoms with Crippen molar-refractivity contribution >= 4 is 0 Å². The maximum absolute atomic E-state index is 10.5. The summed E-state index contributed by atoms with van der Waals surface area (Å²) in [5, 5.41) is 10.5. The summed E-state index contributed by atoms with van der Waals surface area (Å²) in [4.78, 5) is 0. The van der Waals surface area contributed by atoms with Gasteiger partial charge in [-0.2, -0.15) is 0 Å². The molecule has 1 aromatic rings. The molecule has 2 bridgehead atoms. The Kier molecular flexibility index (Phi) is 2.91. The first-order valence-corrected chi connectivity index (χ1v) is 8.04. The second kappa shape index (κ2) is 4.63. The Hall–Kier alpha value is -0.820. The molecule has 0 saturated heterocycles. The van der Waals surface area contributed by atoms with Crippen LogP contribution in [0.2, 0.25) is 0 Å². The maximum atomic E-state index is 10.5. The minimum Gasteiger partial charge on any atom is -0.393 e. The van der Waals surface area contributed by atoms with Crippen molar-refractivity contribution in [1.29, 1.82) is 0 Å². The van der Waals surface area contributed by atoms with Crippen molar-refractivity contribution in [3.8, 4) is 0 Å². The molecule has 4 rings (SSSR count). The molecule has 6 atom stereocenters. The molecule has 3 fully saturated rings. The lowest BCUT2D eigenvalue weighted by Crippen LogP contribution is -2.20. The van der Waals surface area contributed by atoms with Gasteiger partial charge in [0.1, 0.15) is 0 Å². The van der Waals surface area contributed by atoms with E-state index in [-0.39, 0.29) is 6.10 Å². The lowest BCUT2D eigenvalue weighted by Gasteiger charge is -2.24. The highest BCUT2D eigenvalue weighted by Crippen LogP contribution is 2.54. The Morgan fingerprint density at radius 2 is 1.89 bits per heavy atom. The first-order valence-electron chi connectivity index (χ1n) is 8.04. The van der Waals surface area contributed by atoms with Crippen molar-refractivity contribution in [3.63, 3.8) is 0 Å². The van der Waals surface area contributed by atoms with Crippen LogP contribution in [0.3, 0.4) is 0 Å². The molecule has 3 aliphatic rings. The highest BCUT2D eigenvalue weighted by atomic mass is 16.3. The van der Waals surface area contributed by atoms with Crippen LogP contribution >= 0.6 is 0 Å². The Balaban J connectivity index is 1.34. The van der Waals surface area contributed by atoms with E-state index in [1.165, 1.54) is 37.7 Å². The van der Waals surface area contributed by atoms with E-state index in [0.717, 1.165) is 24.2 Å². The summed E-state index contributed by atoms with van der Waals surface area (Å²) in [5.41, 5.74) is 1.43. The number of rotatable bonds is 4. The fourth-order valence-corrected chi connectivity index (χ4v) is 4.87. The summed E-state index contributed by atoms with van der Waals surface area (Å²) in [5.74, 6) is 3.97. The first kappa shape index (κ1) is 12.0. The summed E-state index contributed by atoms with van der Waals surface area (Å²) in [6.45, 7) is 0. The number of fused-ring (bicyclic) bond motifs is 2. The van der Waals surface area contributed by atoms with Crippen molar-refractivity contribution < 1.29 is 5.11 Å². The standard InChI is InChI=1S/C18H24O/c19-18(10-15-9-12-6-7-14(15)8-12)17-11-16(17)13-4-2-1-3-5-13/h1-5,12,14-19H,6-11H2. The first-order chi connectivity index (χ1) is 9.31. The summed E-state index contributed by atoms with van der Waals surface area (Å²) >= 11 is 0. The van der Waals surface area contributed by atoms with Crippen LogP contribution in [0.15, 0.2) is 30.3 Å². The zero-order chi connectivity index (χ0) is 12.8. The zero-order valence-corrected chi connectivity index (χ0v) is 11.5. The SMILES string of the molecule is OC(CC1CC2CCC1C2)C1CC1c1ccccc1. The predicted molar refractivity (Wildman–Crippen MR) is 76.9 cm³/mol. The Morgan fingerprint density at radius 1 is 1.05 bits per heavy atom. The van der Waals surface area contributed by atoms with Crippen molar-refractivity contribution in [2.45, 2.75) is 50.5 Å². The molecule has 0 aliphatic heterocycles. The number of hydrogen-bond acceptors (Lipinski definition) is 1. The van der Waals surface area contributed by atoms with Gasteiger partial charge in [-0.05, 0) is 67.3 Å². The van der Waals surface area contributed by atoms with Crippen LogP contribution in [0.5, 0.6) is 0 Å². The molecule has 102 valence electrons. The molecular formula is C18H24O. The second-order valence-corrected chi connectivity index (χ2v) is 7.15. The fraction of sp³-hybridized carbons (Fsp3) is 0.667. The summed E-state index contributed by atoms with van der Waals surface area (Å²) in [7, 11) is 0. The van der Waals surface area contributed by atoms with E-state index in [1.807, 2.05) is 0 Å². The van der Waals surface area contributed by atoms with E-state index in [2.05, 4.69) is 30.3 Å². The number of aliphatic hydroxyl groups excluding tert-OH is 1. The molecule has 0 radical (unpaired) electrons. The molecular weight excluding hydrogens is 232 g/mol. The van der Waals surface area contributed by atoms with Crippen molar-refractivity contribution in [1.82, 2.24) is 0 Å². The molecule has 1 aromatic carbocycles. The third-order valence-corrected chi connectivity index (χ3v) is 5.99. The van der Waals surface area contributed by atoms with Crippen molar-refractivity contribution in [2.75, 3.05) is 0 Å². The van der Waals surface area contributed by atoms with Crippen molar-refractivity contribution in [2.24, 2.45) is 23.7 Å². The highest BCUT2D eigenvalue weighted by Gasteiger charge is 2.46. The topological polar surface area (TPSA) is 20.2 Å². The highest BCUT2D eigenvalue weighted by molar-refractivity contribution is 5.26. The van der Waals surface area contributed by atoms with Crippen LogP contribution in [0, 0.1) is 23.7 Å². The minimum absolute atomic E-state index is 0.0467. The zero-order valence-electron chi connectivity index (χ0n) is 11.5.